The lowest BCUT2D eigenvalue weighted by atomic mass is 10.0. The van der Waals surface area contributed by atoms with Gasteiger partial charge in [-0.3, -0.25) is 0 Å². The van der Waals surface area contributed by atoms with E-state index >= 15 is 0 Å². The molecule has 1 aliphatic rings. The van der Waals surface area contributed by atoms with Crippen LogP contribution in [0.5, 0.6) is 0 Å². The van der Waals surface area contributed by atoms with Gasteiger partial charge in [0.25, 0.3) is 0 Å². The van der Waals surface area contributed by atoms with Crippen LogP contribution in [0.3, 0.4) is 0 Å². The molecule has 0 atom stereocenters. The van der Waals surface area contributed by atoms with Crippen LogP contribution < -0.4 is 4.90 Å². The van der Waals surface area contributed by atoms with E-state index in [0.717, 1.165) is 28.7 Å². The molecule has 3 rings (SSSR count). The Morgan fingerprint density at radius 1 is 1.13 bits per heavy atom. The first-order valence-electron chi connectivity index (χ1n) is 7.91. The number of halogens is 1. The van der Waals surface area contributed by atoms with Gasteiger partial charge in [0.15, 0.2) is 0 Å². The molecule has 23 heavy (non-hydrogen) atoms. The second-order valence-electron chi connectivity index (χ2n) is 5.91. The van der Waals surface area contributed by atoms with E-state index in [-0.39, 0.29) is 0 Å². The van der Waals surface area contributed by atoms with Crippen LogP contribution in [0.25, 0.3) is 11.6 Å². The minimum atomic E-state index is 0.689. The average molecular weight is 367 g/mol. The Hall–Kier alpha value is -2.05. The van der Waals surface area contributed by atoms with Gasteiger partial charge in [0, 0.05) is 23.2 Å². The number of aryl methyl sites for hydroxylation is 1. The molecule has 0 bridgehead atoms. The summed E-state index contributed by atoms with van der Waals surface area (Å²) in [6.07, 6.45) is 4.54. The van der Waals surface area contributed by atoms with Crippen LogP contribution >= 0.6 is 15.9 Å². The van der Waals surface area contributed by atoms with E-state index in [0.29, 0.717) is 5.57 Å². The van der Waals surface area contributed by atoms with E-state index in [1.54, 1.807) is 0 Å². The molecule has 2 aromatic carbocycles. The fraction of sp³-hybridized carbons (Fsp3) is 0.250. The van der Waals surface area contributed by atoms with Gasteiger partial charge in [-0.2, -0.15) is 5.26 Å². The largest absolute Gasteiger partial charge is 0.372 e. The van der Waals surface area contributed by atoms with Crippen LogP contribution in [-0.2, 0) is 0 Å². The number of hydrogen-bond acceptors (Lipinski definition) is 2. The molecule has 0 N–H and O–H groups in total. The molecule has 1 heterocycles. The number of benzene rings is 2. The van der Waals surface area contributed by atoms with E-state index in [4.69, 9.17) is 0 Å². The highest BCUT2D eigenvalue weighted by atomic mass is 79.9. The maximum atomic E-state index is 9.49. The molecule has 116 valence electrons. The Balaban J connectivity index is 1.91. The zero-order valence-corrected chi connectivity index (χ0v) is 14.8. The Kier molecular flexibility index (Phi) is 4.83. The normalized spacial score (nSPS) is 14.8. The lowest BCUT2D eigenvalue weighted by molar-refractivity contribution is 0.949. The van der Waals surface area contributed by atoms with Gasteiger partial charge in [0.2, 0.25) is 0 Å². The van der Waals surface area contributed by atoms with Crippen molar-refractivity contribution in [2.75, 3.05) is 18.0 Å². The maximum Gasteiger partial charge on any atom is 0.0998 e. The summed E-state index contributed by atoms with van der Waals surface area (Å²) in [5, 5.41) is 9.49. The molecule has 0 spiro atoms. The van der Waals surface area contributed by atoms with Crippen LogP contribution in [0, 0.1) is 18.3 Å². The Morgan fingerprint density at radius 2 is 1.83 bits per heavy atom. The molecule has 0 unspecified atom stereocenters. The average Bonchev–Trinajstić information content (AvgIpc) is 3.09. The summed E-state index contributed by atoms with van der Waals surface area (Å²) in [6, 6.07) is 16.7. The molecule has 2 nitrogen and oxygen atoms in total. The Bertz CT molecular complexity index is 763. The van der Waals surface area contributed by atoms with Gasteiger partial charge in [0.05, 0.1) is 11.6 Å². The summed E-state index contributed by atoms with van der Waals surface area (Å²) in [5.41, 5.74) is 5.24. The van der Waals surface area contributed by atoms with E-state index in [1.807, 2.05) is 30.3 Å². The predicted molar refractivity (Wildman–Crippen MR) is 100 cm³/mol. The van der Waals surface area contributed by atoms with Crippen molar-refractivity contribution in [3.8, 4) is 6.07 Å². The van der Waals surface area contributed by atoms with Gasteiger partial charge in [0.1, 0.15) is 0 Å². The smallest absolute Gasteiger partial charge is 0.0998 e. The topological polar surface area (TPSA) is 27.0 Å². The molecular formula is C20H19BrN2. The van der Waals surface area contributed by atoms with Gasteiger partial charge in [-0.1, -0.05) is 34.1 Å². The monoisotopic (exact) mass is 366 g/mol. The number of rotatable bonds is 3. The molecule has 0 radical (unpaired) electrons. The predicted octanol–water partition coefficient (Wildman–Crippen LogP) is 5.42. The zero-order chi connectivity index (χ0) is 16.2. The summed E-state index contributed by atoms with van der Waals surface area (Å²) in [5.74, 6) is 0. The molecule has 1 fully saturated rings. The summed E-state index contributed by atoms with van der Waals surface area (Å²) >= 11 is 3.43. The highest BCUT2D eigenvalue weighted by Crippen LogP contribution is 2.26. The Labute approximate surface area is 146 Å². The molecule has 0 saturated carbocycles. The van der Waals surface area contributed by atoms with Crippen LogP contribution in [0.2, 0.25) is 0 Å². The summed E-state index contributed by atoms with van der Waals surface area (Å²) in [4.78, 5) is 2.43. The first-order valence-corrected chi connectivity index (χ1v) is 8.70. The van der Waals surface area contributed by atoms with Crippen molar-refractivity contribution in [1.29, 1.82) is 5.26 Å². The quantitative estimate of drug-likeness (QED) is 0.535. The van der Waals surface area contributed by atoms with E-state index in [1.165, 1.54) is 24.1 Å². The molecule has 1 saturated heterocycles. The molecule has 0 aromatic heterocycles. The standard InChI is InChI=1S/C20H19BrN2/c1-15-12-20(23-10-2-3-11-23)9-6-17(15)13-18(14-22)16-4-7-19(21)8-5-16/h4-9,12-13H,2-3,10-11H2,1H3/b18-13-. The summed E-state index contributed by atoms with van der Waals surface area (Å²) < 4.78 is 1.02. The van der Waals surface area contributed by atoms with E-state index < -0.39 is 0 Å². The van der Waals surface area contributed by atoms with Crippen molar-refractivity contribution in [2.45, 2.75) is 19.8 Å². The Morgan fingerprint density at radius 3 is 2.43 bits per heavy atom. The zero-order valence-electron chi connectivity index (χ0n) is 13.2. The first kappa shape index (κ1) is 15.8. The van der Waals surface area contributed by atoms with E-state index in [2.05, 4.69) is 52.0 Å². The van der Waals surface area contributed by atoms with Crippen molar-refractivity contribution in [1.82, 2.24) is 0 Å². The van der Waals surface area contributed by atoms with Crippen LogP contribution in [0.4, 0.5) is 5.69 Å². The van der Waals surface area contributed by atoms with Crippen molar-refractivity contribution in [3.63, 3.8) is 0 Å². The maximum absolute atomic E-state index is 9.49. The number of nitrogens with zero attached hydrogens (tertiary/aromatic N) is 2. The highest BCUT2D eigenvalue weighted by molar-refractivity contribution is 9.10. The lowest BCUT2D eigenvalue weighted by Gasteiger charge is -2.18. The molecule has 1 aliphatic heterocycles. The molecular weight excluding hydrogens is 348 g/mol. The number of nitriles is 1. The van der Waals surface area contributed by atoms with Gasteiger partial charge in [-0.05, 0) is 66.8 Å². The molecule has 0 amide bonds. The molecule has 2 aromatic rings. The third-order valence-corrected chi connectivity index (χ3v) is 4.83. The fourth-order valence-electron chi connectivity index (χ4n) is 2.96. The van der Waals surface area contributed by atoms with Crippen LogP contribution in [0.15, 0.2) is 46.9 Å². The molecule has 3 heteroatoms. The highest BCUT2D eigenvalue weighted by Gasteiger charge is 2.13. The van der Waals surface area contributed by atoms with Crippen molar-refractivity contribution in [2.24, 2.45) is 0 Å². The SMILES string of the molecule is Cc1cc(N2CCCC2)ccc1/C=C(/C#N)c1ccc(Br)cc1. The van der Waals surface area contributed by atoms with Gasteiger partial charge < -0.3 is 4.90 Å². The van der Waals surface area contributed by atoms with Gasteiger partial charge >= 0.3 is 0 Å². The van der Waals surface area contributed by atoms with Crippen LogP contribution in [0.1, 0.15) is 29.5 Å². The second kappa shape index (κ2) is 7.02. The fourth-order valence-corrected chi connectivity index (χ4v) is 3.22. The first-order chi connectivity index (χ1) is 11.2. The molecule has 0 aliphatic carbocycles. The minimum absolute atomic E-state index is 0.689. The number of hydrogen-bond donors (Lipinski definition) is 0. The van der Waals surface area contributed by atoms with Crippen molar-refractivity contribution in [3.05, 3.63) is 63.6 Å². The van der Waals surface area contributed by atoms with Crippen LogP contribution in [-0.4, -0.2) is 13.1 Å². The van der Waals surface area contributed by atoms with Crippen molar-refractivity contribution < 1.29 is 0 Å². The lowest BCUT2D eigenvalue weighted by Crippen LogP contribution is -2.17. The van der Waals surface area contributed by atoms with Crippen molar-refractivity contribution >= 4 is 33.3 Å². The van der Waals surface area contributed by atoms with Gasteiger partial charge in [-0.25, -0.2) is 0 Å². The summed E-state index contributed by atoms with van der Waals surface area (Å²) in [6.45, 7) is 4.41. The number of allylic oxidation sites excluding steroid dienone is 1. The summed E-state index contributed by atoms with van der Waals surface area (Å²) in [7, 11) is 0. The third-order valence-electron chi connectivity index (χ3n) is 4.30. The number of anilines is 1. The second-order valence-corrected chi connectivity index (χ2v) is 6.83. The van der Waals surface area contributed by atoms with E-state index in [9.17, 15) is 5.26 Å². The van der Waals surface area contributed by atoms with Gasteiger partial charge in [-0.15, -0.1) is 0 Å². The minimum Gasteiger partial charge on any atom is -0.372 e. The third kappa shape index (κ3) is 3.65.